The van der Waals surface area contributed by atoms with E-state index in [0.717, 1.165) is 0 Å². The number of benzene rings is 3. The van der Waals surface area contributed by atoms with Crippen LogP contribution in [0.5, 0.6) is 0 Å². The summed E-state index contributed by atoms with van der Waals surface area (Å²) >= 11 is 0. The molecule has 0 unspecified atom stereocenters. The first-order valence-electron chi connectivity index (χ1n) is 12.9. The molecule has 0 saturated carbocycles. The lowest BCUT2D eigenvalue weighted by molar-refractivity contribution is -0.0634. The smallest absolute Gasteiger partial charge is 0.338 e. The Bertz CT molecular complexity index is 1570. The monoisotopic (exact) mass is 554 g/mol. The highest BCUT2D eigenvalue weighted by Crippen LogP contribution is 2.35. The predicted molar refractivity (Wildman–Crippen MR) is 145 cm³/mol. The molecule has 0 aliphatic carbocycles. The summed E-state index contributed by atoms with van der Waals surface area (Å²) in [6.07, 6.45) is -3.04. The molecule has 1 aliphatic heterocycles. The minimum Gasteiger partial charge on any atom is -0.459 e. The third kappa shape index (κ3) is 6.39. The highest BCUT2D eigenvalue weighted by atomic mass is 16.7. The number of nitrogens with zero attached hydrogens (tertiary/aromatic N) is 2. The number of carbonyl (C=O) groups is 3. The largest absolute Gasteiger partial charge is 0.459 e. The molecule has 10 nitrogen and oxygen atoms in total. The summed E-state index contributed by atoms with van der Waals surface area (Å²) in [4.78, 5) is 54.9. The lowest BCUT2D eigenvalue weighted by Crippen LogP contribution is -2.41. The van der Waals surface area contributed by atoms with E-state index in [2.05, 4.69) is 4.98 Å². The second-order valence-corrected chi connectivity index (χ2v) is 9.22. The Morgan fingerprint density at radius 1 is 0.732 bits per heavy atom. The van der Waals surface area contributed by atoms with Crippen molar-refractivity contribution in [3.8, 4) is 0 Å². The summed E-state index contributed by atoms with van der Waals surface area (Å²) in [5, 5.41) is 0. The number of aryl methyl sites for hydroxylation is 1. The molecule has 10 heteroatoms. The van der Waals surface area contributed by atoms with Crippen LogP contribution in [0, 0.1) is 6.92 Å². The van der Waals surface area contributed by atoms with Crippen LogP contribution in [0.15, 0.2) is 108 Å². The fraction of sp³-hybridized carbons (Fsp3) is 0.194. The van der Waals surface area contributed by atoms with Crippen molar-refractivity contribution in [2.24, 2.45) is 0 Å². The zero-order chi connectivity index (χ0) is 28.8. The van der Waals surface area contributed by atoms with Gasteiger partial charge in [-0.05, 0) is 43.3 Å². The van der Waals surface area contributed by atoms with Crippen LogP contribution in [0.2, 0.25) is 0 Å². The molecule has 1 fully saturated rings. The fourth-order valence-corrected chi connectivity index (χ4v) is 4.46. The minimum atomic E-state index is -1.20. The molecule has 0 amide bonds. The normalized spacial score (nSPS) is 19.7. The van der Waals surface area contributed by atoms with Gasteiger partial charge in [-0.2, -0.15) is 4.98 Å². The fourth-order valence-electron chi connectivity index (χ4n) is 4.46. The van der Waals surface area contributed by atoms with Crippen LogP contribution in [0.4, 0.5) is 0 Å². The molecular weight excluding hydrogens is 528 g/mol. The highest BCUT2D eigenvalue weighted by molar-refractivity contribution is 5.91. The standard InChI is InChI=1S/C31H26N2O8/c1-20-32-25(34)17-18-33(20)28-27(41-31(37)23-15-9-4-10-16-23)26(40-30(36)22-13-7-3-8-14-22)24(39-28)19-38-29(35)21-11-5-2-6-12-21/h2-18,24,26-28H,19H2,1H3/t24-,26-,27-,28-/m1/s1. The van der Waals surface area contributed by atoms with Crippen molar-refractivity contribution in [1.82, 2.24) is 9.55 Å². The van der Waals surface area contributed by atoms with Crippen molar-refractivity contribution in [3.05, 3.63) is 136 Å². The lowest BCUT2D eigenvalue weighted by Gasteiger charge is -2.26. The minimum absolute atomic E-state index is 0.269. The molecule has 5 rings (SSSR count). The Hall–Kier alpha value is -5.09. The molecule has 3 aromatic carbocycles. The average molecular weight is 555 g/mol. The quantitative estimate of drug-likeness (QED) is 0.237. The molecule has 0 spiro atoms. The zero-order valence-corrected chi connectivity index (χ0v) is 22.0. The Balaban J connectivity index is 1.49. The Kier molecular flexibility index (Phi) is 8.31. The SMILES string of the molecule is Cc1nc(=O)ccn1[C@@H]1O[C@H](COC(=O)c2ccccc2)[C@@H](OC(=O)c2ccccc2)[C@H]1OC(=O)c1ccccc1. The average Bonchev–Trinajstić information content (AvgIpc) is 3.33. The number of hydrogen-bond acceptors (Lipinski definition) is 9. The van der Waals surface area contributed by atoms with Gasteiger partial charge >= 0.3 is 17.9 Å². The van der Waals surface area contributed by atoms with Gasteiger partial charge in [0.2, 0.25) is 0 Å². The second kappa shape index (κ2) is 12.4. The molecule has 208 valence electrons. The topological polar surface area (TPSA) is 123 Å². The second-order valence-electron chi connectivity index (χ2n) is 9.22. The van der Waals surface area contributed by atoms with Gasteiger partial charge in [0, 0.05) is 12.3 Å². The molecule has 2 heterocycles. The van der Waals surface area contributed by atoms with Gasteiger partial charge in [-0.1, -0.05) is 54.6 Å². The predicted octanol–water partition coefficient (Wildman–Crippen LogP) is 3.76. The van der Waals surface area contributed by atoms with Gasteiger partial charge in [0.1, 0.15) is 18.5 Å². The van der Waals surface area contributed by atoms with Gasteiger partial charge in [-0.25, -0.2) is 14.4 Å². The summed E-state index contributed by atoms with van der Waals surface area (Å²) in [5.74, 6) is -1.70. The maximum Gasteiger partial charge on any atom is 0.338 e. The maximum atomic E-state index is 13.2. The van der Waals surface area contributed by atoms with Crippen molar-refractivity contribution in [2.75, 3.05) is 6.61 Å². The van der Waals surface area contributed by atoms with Crippen LogP contribution in [-0.2, 0) is 18.9 Å². The third-order valence-corrected chi connectivity index (χ3v) is 6.48. The van der Waals surface area contributed by atoms with Crippen LogP contribution in [-0.4, -0.2) is 52.4 Å². The molecule has 41 heavy (non-hydrogen) atoms. The van der Waals surface area contributed by atoms with E-state index in [0.29, 0.717) is 5.56 Å². The van der Waals surface area contributed by atoms with E-state index in [1.54, 1.807) is 97.9 Å². The number of esters is 3. The number of carbonyl (C=O) groups excluding carboxylic acids is 3. The number of hydrogen-bond donors (Lipinski definition) is 0. The van der Waals surface area contributed by atoms with Crippen molar-refractivity contribution in [1.29, 1.82) is 0 Å². The van der Waals surface area contributed by atoms with Gasteiger partial charge in [0.15, 0.2) is 18.4 Å². The molecule has 0 radical (unpaired) electrons. The molecule has 4 atom stereocenters. The highest BCUT2D eigenvalue weighted by Gasteiger charge is 2.51. The van der Waals surface area contributed by atoms with Gasteiger partial charge in [-0.15, -0.1) is 0 Å². The molecule has 1 saturated heterocycles. The van der Waals surface area contributed by atoms with Gasteiger partial charge in [0.25, 0.3) is 5.56 Å². The Morgan fingerprint density at radius 2 is 1.22 bits per heavy atom. The molecule has 1 aromatic heterocycles. The first-order chi connectivity index (χ1) is 19.9. The van der Waals surface area contributed by atoms with E-state index in [4.69, 9.17) is 18.9 Å². The number of rotatable bonds is 8. The molecule has 0 bridgehead atoms. The Labute approximate surface area is 235 Å². The van der Waals surface area contributed by atoms with Gasteiger partial charge < -0.3 is 23.5 Å². The van der Waals surface area contributed by atoms with E-state index >= 15 is 0 Å². The van der Waals surface area contributed by atoms with Crippen molar-refractivity contribution >= 4 is 17.9 Å². The maximum absolute atomic E-state index is 13.2. The van der Waals surface area contributed by atoms with Crippen molar-refractivity contribution < 1.29 is 33.3 Å². The molecule has 1 aliphatic rings. The van der Waals surface area contributed by atoms with Crippen molar-refractivity contribution in [2.45, 2.75) is 31.5 Å². The first kappa shape index (κ1) is 27.5. The van der Waals surface area contributed by atoms with E-state index in [1.807, 2.05) is 0 Å². The summed E-state index contributed by atoms with van der Waals surface area (Å²) in [7, 11) is 0. The zero-order valence-electron chi connectivity index (χ0n) is 22.0. The summed E-state index contributed by atoms with van der Waals surface area (Å²) in [6, 6.07) is 26.2. The molecule has 0 N–H and O–H groups in total. The van der Waals surface area contributed by atoms with E-state index in [9.17, 15) is 19.2 Å². The van der Waals surface area contributed by atoms with E-state index in [-0.39, 0.29) is 23.6 Å². The van der Waals surface area contributed by atoms with Crippen LogP contribution in [0.1, 0.15) is 43.1 Å². The first-order valence-corrected chi connectivity index (χ1v) is 12.9. The summed E-state index contributed by atoms with van der Waals surface area (Å²) in [6.45, 7) is 1.28. The number of ether oxygens (including phenoxy) is 4. The van der Waals surface area contributed by atoms with Crippen LogP contribution >= 0.6 is 0 Å². The lowest BCUT2D eigenvalue weighted by atomic mass is 10.1. The summed E-state index contributed by atoms with van der Waals surface area (Å²) < 4.78 is 25.1. The van der Waals surface area contributed by atoms with Crippen molar-refractivity contribution in [3.63, 3.8) is 0 Å². The third-order valence-electron chi connectivity index (χ3n) is 6.48. The number of aromatic nitrogens is 2. The van der Waals surface area contributed by atoms with Crippen LogP contribution < -0.4 is 5.56 Å². The molecular formula is C31H26N2O8. The van der Waals surface area contributed by atoms with Crippen LogP contribution in [0.3, 0.4) is 0 Å². The van der Waals surface area contributed by atoms with Gasteiger partial charge in [-0.3, -0.25) is 4.79 Å². The summed E-state index contributed by atoms with van der Waals surface area (Å²) in [5.41, 5.74) is 0.403. The van der Waals surface area contributed by atoms with E-state index in [1.165, 1.54) is 16.8 Å². The van der Waals surface area contributed by atoms with Gasteiger partial charge in [0.05, 0.1) is 16.7 Å². The molecule has 4 aromatic rings. The Morgan fingerprint density at radius 3 is 1.73 bits per heavy atom. The van der Waals surface area contributed by atoms with Crippen LogP contribution in [0.25, 0.3) is 0 Å². The van der Waals surface area contributed by atoms with E-state index < -0.39 is 48.0 Å².